The fourth-order valence-electron chi connectivity index (χ4n) is 2.05. The highest BCUT2D eigenvalue weighted by molar-refractivity contribution is 9.10. The van der Waals surface area contributed by atoms with Gasteiger partial charge in [0.05, 0.1) is 29.1 Å². The molecule has 0 N–H and O–H groups in total. The van der Waals surface area contributed by atoms with Crippen molar-refractivity contribution < 1.29 is 14.3 Å². The highest BCUT2D eigenvalue weighted by Gasteiger charge is 2.20. The second kappa shape index (κ2) is 5.79. The zero-order valence-corrected chi connectivity index (χ0v) is 14.5. The maximum atomic E-state index is 12.7. The summed E-state index contributed by atoms with van der Waals surface area (Å²) in [5.74, 6) is 1.09. The predicted octanol–water partition coefficient (Wildman–Crippen LogP) is 4.97. The van der Waals surface area contributed by atoms with Crippen molar-refractivity contribution in [2.24, 2.45) is 0 Å². The first-order valence-electron chi connectivity index (χ1n) is 6.07. The highest BCUT2D eigenvalue weighted by Crippen LogP contribution is 2.36. The van der Waals surface area contributed by atoms with Crippen LogP contribution in [0.3, 0.4) is 0 Å². The van der Waals surface area contributed by atoms with Crippen LogP contribution in [0.15, 0.2) is 34.1 Å². The van der Waals surface area contributed by atoms with E-state index in [0.717, 1.165) is 13.9 Å². The Bertz CT molecular complexity index is 791. The second-order valence-corrected chi connectivity index (χ2v) is 7.16. The first kappa shape index (κ1) is 14.6. The van der Waals surface area contributed by atoms with E-state index in [0.29, 0.717) is 21.9 Å². The maximum Gasteiger partial charge on any atom is 0.206 e. The van der Waals surface area contributed by atoms with Crippen molar-refractivity contribution >= 4 is 53.8 Å². The van der Waals surface area contributed by atoms with E-state index in [1.165, 1.54) is 11.3 Å². The van der Waals surface area contributed by atoms with Crippen molar-refractivity contribution in [1.82, 2.24) is 0 Å². The van der Waals surface area contributed by atoms with Crippen molar-refractivity contribution in [3.8, 4) is 11.5 Å². The number of ketones is 1. The molecule has 2 heterocycles. The summed E-state index contributed by atoms with van der Waals surface area (Å²) in [6, 6.07) is 7.42. The number of ether oxygens (including phenoxy) is 2. The SMILES string of the molecule is COc1cc(C(=O)c2cc3sccc3s2)c(OC)cc1Br. The summed E-state index contributed by atoms with van der Waals surface area (Å²) in [4.78, 5) is 13.4. The molecule has 0 aliphatic heterocycles. The van der Waals surface area contributed by atoms with Crippen molar-refractivity contribution in [1.29, 1.82) is 0 Å². The normalized spacial score (nSPS) is 10.8. The summed E-state index contributed by atoms with van der Waals surface area (Å²) in [6.45, 7) is 0. The molecule has 0 bridgehead atoms. The molecule has 2 aromatic heterocycles. The third kappa shape index (κ3) is 2.59. The molecule has 1 aromatic carbocycles. The first-order chi connectivity index (χ1) is 10.1. The summed E-state index contributed by atoms with van der Waals surface area (Å²) in [5, 5.41) is 2.03. The molecule has 3 rings (SSSR count). The largest absolute Gasteiger partial charge is 0.496 e. The average molecular weight is 383 g/mol. The molecule has 21 heavy (non-hydrogen) atoms. The lowest BCUT2D eigenvalue weighted by molar-refractivity contribution is 0.103. The molecule has 0 spiro atoms. The Balaban J connectivity index is 2.09. The molecule has 3 aromatic rings. The van der Waals surface area contributed by atoms with E-state index in [2.05, 4.69) is 15.9 Å². The lowest BCUT2D eigenvalue weighted by Crippen LogP contribution is -2.03. The monoisotopic (exact) mass is 382 g/mol. The van der Waals surface area contributed by atoms with Gasteiger partial charge in [-0.3, -0.25) is 4.79 Å². The fourth-order valence-corrected chi connectivity index (χ4v) is 4.60. The van der Waals surface area contributed by atoms with Crippen LogP contribution in [0.2, 0.25) is 0 Å². The summed E-state index contributed by atoms with van der Waals surface area (Å²) in [6.07, 6.45) is 0. The van der Waals surface area contributed by atoms with Gasteiger partial charge in [-0.25, -0.2) is 0 Å². The zero-order chi connectivity index (χ0) is 15.0. The topological polar surface area (TPSA) is 35.5 Å². The van der Waals surface area contributed by atoms with Gasteiger partial charge in [0, 0.05) is 9.40 Å². The van der Waals surface area contributed by atoms with Gasteiger partial charge in [-0.05, 0) is 45.6 Å². The molecular weight excluding hydrogens is 372 g/mol. The number of carbonyl (C=O) groups excluding carboxylic acids is 1. The summed E-state index contributed by atoms with van der Waals surface area (Å²) in [5.41, 5.74) is 0.506. The Hall–Kier alpha value is -1.37. The highest BCUT2D eigenvalue weighted by atomic mass is 79.9. The molecule has 0 saturated carbocycles. The van der Waals surface area contributed by atoms with E-state index in [-0.39, 0.29) is 5.78 Å². The molecule has 3 nitrogen and oxygen atoms in total. The van der Waals surface area contributed by atoms with Crippen LogP contribution in [0.25, 0.3) is 9.40 Å². The smallest absolute Gasteiger partial charge is 0.206 e. The van der Waals surface area contributed by atoms with Crippen LogP contribution in [0.1, 0.15) is 15.2 Å². The number of thiophene rings is 2. The van der Waals surface area contributed by atoms with Gasteiger partial charge in [0.1, 0.15) is 11.5 Å². The lowest BCUT2D eigenvalue weighted by Gasteiger charge is -2.10. The molecule has 0 amide bonds. The van der Waals surface area contributed by atoms with E-state index in [9.17, 15) is 4.79 Å². The Labute approximate surface area is 138 Å². The second-order valence-electron chi connectivity index (χ2n) is 4.28. The number of hydrogen-bond donors (Lipinski definition) is 0. The molecule has 108 valence electrons. The van der Waals surface area contributed by atoms with E-state index < -0.39 is 0 Å². The maximum absolute atomic E-state index is 12.7. The lowest BCUT2D eigenvalue weighted by atomic mass is 10.1. The molecule has 0 saturated heterocycles. The van der Waals surface area contributed by atoms with Gasteiger partial charge < -0.3 is 9.47 Å². The Morgan fingerprint density at radius 1 is 1.10 bits per heavy atom. The summed E-state index contributed by atoms with van der Waals surface area (Å²) >= 11 is 6.53. The molecule has 6 heteroatoms. The molecule has 0 fully saturated rings. The van der Waals surface area contributed by atoms with E-state index >= 15 is 0 Å². The third-order valence-electron chi connectivity index (χ3n) is 3.08. The van der Waals surface area contributed by atoms with Crippen LogP contribution in [0.4, 0.5) is 0 Å². The molecular formula is C15H11BrO3S2. The molecule has 0 atom stereocenters. The quantitative estimate of drug-likeness (QED) is 0.597. The molecule has 0 aliphatic rings. The molecule has 0 aliphatic carbocycles. The van der Waals surface area contributed by atoms with Gasteiger partial charge in [-0.15, -0.1) is 22.7 Å². The zero-order valence-electron chi connectivity index (χ0n) is 11.3. The molecule has 0 unspecified atom stereocenters. The van der Waals surface area contributed by atoms with Crippen molar-refractivity contribution in [2.45, 2.75) is 0 Å². The van der Waals surface area contributed by atoms with Crippen LogP contribution in [0, 0.1) is 0 Å². The van der Waals surface area contributed by atoms with Gasteiger partial charge >= 0.3 is 0 Å². The average Bonchev–Trinajstić information content (AvgIpc) is 3.07. The summed E-state index contributed by atoms with van der Waals surface area (Å²) in [7, 11) is 3.12. The van der Waals surface area contributed by atoms with Gasteiger partial charge in [0.25, 0.3) is 0 Å². The predicted molar refractivity (Wildman–Crippen MR) is 90.4 cm³/mol. The number of fused-ring (bicyclic) bond motifs is 1. The van der Waals surface area contributed by atoms with Crippen molar-refractivity contribution in [3.63, 3.8) is 0 Å². The number of halogens is 1. The van der Waals surface area contributed by atoms with E-state index in [4.69, 9.17) is 9.47 Å². The Morgan fingerprint density at radius 3 is 2.52 bits per heavy atom. The molecule has 0 radical (unpaired) electrons. The minimum Gasteiger partial charge on any atom is -0.496 e. The van der Waals surface area contributed by atoms with Crippen LogP contribution < -0.4 is 9.47 Å². The number of hydrogen-bond acceptors (Lipinski definition) is 5. The standard InChI is InChI=1S/C15H11BrO3S2/c1-18-10-6-9(16)11(19-2)5-8(10)15(17)14-7-13-12(21-14)3-4-20-13/h3-7H,1-2H3. The van der Waals surface area contributed by atoms with Gasteiger partial charge in [0.15, 0.2) is 0 Å². The number of carbonyl (C=O) groups is 1. The van der Waals surface area contributed by atoms with Crippen LogP contribution in [0.5, 0.6) is 11.5 Å². The van der Waals surface area contributed by atoms with Crippen molar-refractivity contribution in [3.05, 3.63) is 44.6 Å². The number of methoxy groups -OCH3 is 2. The van der Waals surface area contributed by atoms with Gasteiger partial charge in [0.2, 0.25) is 5.78 Å². The minimum absolute atomic E-state index is 0.0500. The van der Waals surface area contributed by atoms with Crippen LogP contribution in [-0.2, 0) is 0 Å². The summed E-state index contributed by atoms with van der Waals surface area (Å²) < 4.78 is 13.6. The third-order valence-corrected chi connectivity index (χ3v) is 5.79. The van der Waals surface area contributed by atoms with E-state index in [1.54, 1.807) is 37.7 Å². The van der Waals surface area contributed by atoms with Gasteiger partial charge in [-0.1, -0.05) is 0 Å². The van der Waals surface area contributed by atoms with Gasteiger partial charge in [-0.2, -0.15) is 0 Å². The first-order valence-corrected chi connectivity index (χ1v) is 8.56. The van der Waals surface area contributed by atoms with E-state index in [1.807, 2.05) is 17.5 Å². The number of rotatable bonds is 4. The number of benzene rings is 1. The minimum atomic E-state index is -0.0500. The van der Waals surface area contributed by atoms with Crippen molar-refractivity contribution in [2.75, 3.05) is 14.2 Å². The Morgan fingerprint density at radius 2 is 1.86 bits per heavy atom. The fraction of sp³-hybridized carbons (Fsp3) is 0.133. The Kier molecular flexibility index (Phi) is 4.01. The van der Waals surface area contributed by atoms with Crippen LogP contribution >= 0.6 is 38.6 Å². The van der Waals surface area contributed by atoms with Crippen LogP contribution in [-0.4, -0.2) is 20.0 Å².